The molecular formula is C8H10FN5O3. The van der Waals surface area contributed by atoms with Crippen molar-refractivity contribution in [3.8, 4) is 5.75 Å². The van der Waals surface area contributed by atoms with Gasteiger partial charge in [-0.25, -0.2) is 30.7 Å². The molecule has 0 radical (unpaired) electrons. The van der Waals surface area contributed by atoms with Crippen molar-refractivity contribution in [2.75, 3.05) is 5.01 Å². The summed E-state index contributed by atoms with van der Waals surface area (Å²) >= 11 is 0. The van der Waals surface area contributed by atoms with E-state index in [0.717, 1.165) is 18.2 Å². The summed E-state index contributed by atoms with van der Waals surface area (Å²) in [5.74, 6) is 9.22. The van der Waals surface area contributed by atoms with E-state index in [0.29, 0.717) is 5.01 Å². The molecule has 0 unspecified atom stereocenters. The molecule has 1 rings (SSSR count). The van der Waals surface area contributed by atoms with Crippen LogP contribution in [0, 0.1) is 5.82 Å². The molecule has 8 nitrogen and oxygen atoms in total. The predicted molar refractivity (Wildman–Crippen MR) is 56.0 cm³/mol. The van der Waals surface area contributed by atoms with E-state index >= 15 is 0 Å². The van der Waals surface area contributed by atoms with Gasteiger partial charge in [-0.1, -0.05) is 0 Å². The quantitative estimate of drug-likeness (QED) is 0.316. The molecule has 0 aliphatic heterocycles. The zero-order valence-electron chi connectivity index (χ0n) is 8.51. The number of hydrogen-bond acceptors (Lipinski definition) is 5. The first-order valence-corrected chi connectivity index (χ1v) is 4.27. The molecular weight excluding hydrogens is 233 g/mol. The monoisotopic (exact) mass is 243 g/mol. The van der Waals surface area contributed by atoms with Crippen molar-refractivity contribution in [3.63, 3.8) is 0 Å². The van der Waals surface area contributed by atoms with Crippen LogP contribution >= 0.6 is 0 Å². The molecule has 92 valence electrons. The van der Waals surface area contributed by atoms with E-state index < -0.39 is 17.9 Å². The Morgan fingerprint density at radius 3 is 2.53 bits per heavy atom. The second-order valence-electron chi connectivity index (χ2n) is 2.89. The summed E-state index contributed by atoms with van der Waals surface area (Å²) < 4.78 is 17.6. The van der Waals surface area contributed by atoms with Gasteiger partial charge in [-0.05, 0) is 6.07 Å². The molecule has 0 atom stereocenters. The highest BCUT2D eigenvalue weighted by atomic mass is 19.1. The van der Waals surface area contributed by atoms with Crippen molar-refractivity contribution in [1.82, 2.24) is 5.43 Å². The van der Waals surface area contributed by atoms with E-state index in [9.17, 15) is 14.0 Å². The minimum atomic E-state index is -1.12. The SMILES string of the molecule is NNC(=O)N(N)c1cc(F)cc(OC(N)=O)c1. The average molecular weight is 243 g/mol. The third-order valence-electron chi connectivity index (χ3n) is 1.69. The van der Waals surface area contributed by atoms with Crippen LogP contribution in [0.25, 0.3) is 0 Å². The Morgan fingerprint density at radius 1 is 1.35 bits per heavy atom. The number of hydrogen-bond donors (Lipinski definition) is 4. The lowest BCUT2D eigenvalue weighted by molar-refractivity contribution is 0.210. The molecule has 0 fully saturated rings. The summed E-state index contributed by atoms with van der Waals surface area (Å²) in [7, 11) is 0. The van der Waals surface area contributed by atoms with E-state index in [1.54, 1.807) is 5.43 Å². The van der Waals surface area contributed by atoms with Crippen LogP contribution in [0.2, 0.25) is 0 Å². The van der Waals surface area contributed by atoms with Crippen molar-refractivity contribution in [1.29, 1.82) is 0 Å². The van der Waals surface area contributed by atoms with Gasteiger partial charge in [0, 0.05) is 12.1 Å². The summed E-state index contributed by atoms with van der Waals surface area (Å²) in [6, 6.07) is 2.12. The smallest absolute Gasteiger partial charge is 0.409 e. The van der Waals surface area contributed by atoms with Crippen LogP contribution in [0.1, 0.15) is 0 Å². The van der Waals surface area contributed by atoms with E-state index in [4.69, 9.17) is 17.4 Å². The first kappa shape index (κ1) is 12.7. The molecule has 17 heavy (non-hydrogen) atoms. The van der Waals surface area contributed by atoms with Gasteiger partial charge in [0.25, 0.3) is 0 Å². The zero-order valence-corrected chi connectivity index (χ0v) is 8.51. The standard InChI is InChI=1S/C8H10FN5O3/c9-4-1-5(14(12)8(16)13-11)3-6(2-4)17-7(10)15/h1-3H,11-12H2,(H2,10,15)(H,13,16). The van der Waals surface area contributed by atoms with E-state index in [1.165, 1.54) is 0 Å². The van der Waals surface area contributed by atoms with Crippen LogP contribution in [0.3, 0.4) is 0 Å². The number of nitrogens with two attached hydrogens (primary N) is 3. The molecule has 0 saturated carbocycles. The maximum atomic E-state index is 13.1. The van der Waals surface area contributed by atoms with Gasteiger partial charge in [-0.3, -0.25) is 5.43 Å². The number of amides is 3. The molecule has 0 spiro atoms. The molecule has 7 N–H and O–H groups in total. The Labute approximate surface area is 95.0 Å². The van der Waals surface area contributed by atoms with Crippen molar-refractivity contribution >= 4 is 17.8 Å². The lowest BCUT2D eigenvalue weighted by Gasteiger charge is -2.16. The number of benzene rings is 1. The number of nitrogens with one attached hydrogen (secondary N) is 1. The minimum absolute atomic E-state index is 0.0656. The number of anilines is 1. The molecule has 0 aliphatic rings. The number of urea groups is 1. The highest BCUT2D eigenvalue weighted by Crippen LogP contribution is 2.22. The lowest BCUT2D eigenvalue weighted by atomic mass is 10.3. The number of hydrazine groups is 2. The first-order chi connectivity index (χ1) is 7.93. The predicted octanol–water partition coefficient (Wildman–Crippen LogP) is -0.453. The Kier molecular flexibility index (Phi) is 3.80. The summed E-state index contributed by atoms with van der Waals surface area (Å²) in [6.45, 7) is 0. The molecule has 3 amide bonds. The number of rotatable bonds is 2. The maximum absolute atomic E-state index is 13.1. The van der Waals surface area contributed by atoms with Crippen LogP contribution in [0.5, 0.6) is 5.75 Å². The molecule has 1 aromatic rings. The molecule has 0 bridgehead atoms. The average Bonchev–Trinajstić information content (AvgIpc) is 2.25. The van der Waals surface area contributed by atoms with Crippen LogP contribution in [-0.4, -0.2) is 12.1 Å². The van der Waals surface area contributed by atoms with Crippen molar-refractivity contribution < 1.29 is 18.7 Å². The normalized spacial score (nSPS) is 9.59. The van der Waals surface area contributed by atoms with Crippen molar-refractivity contribution in [2.45, 2.75) is 0 Å². The summed E-state index contributed by atoms with van der Waals surface area (Å²) in [4.78, 5) is 21.6. The number of ether oxygens (including phenoxy) is 1. The largest absolute Gasteiger partial charge is 0.410 e. The number of halogens is 1. The number of carbonyl (C=O) groups is 2. The van der Waals surface area contributed by atoms with E-state index in [1.807, 2.05) is 0 Å². The fourth-order valence-corrected chi connectivity index (χ4v) is 1.05. The van der Waals surface area contributed by atoms with E-state index in [2.05, 4.69) is 4.74 Å². The highest BCUT2D eigenvalue weighted by Gasteiger charge is 2.13. The molecule has 9 heteroatoms. The summed E-state index contributed by atoms with van der Waals surface area (Å²) in [5, 5.41) is 0.539. The van der Waals surface area contributed by atoms with Gasteiger partial charge in [0.05, 0.1) is 5.69 Å². The van der Waals surface area contributed by atoms with Crippen LogP contribution in [0.4, 0.5) is 19.7 Å². The van der Waals surface area contributed by atoms with Crippen LogP contribution in [-0.2, 0) is 0 Å². The van der Waals surface area contributed by atoms with Gasteiger partial charge in [-0.15, -0.1) is 0 Å². The number of primary amides is 1. The van der Waals surface area contributed by atoms with Gasteiger partial charge >= 0.3 is 12.1 Å². The fourth-order valence-electron chi connectivity index (χ4n) is 1.05. The molecule has 0 saturated heterocycles. The second kappa shape index (κ2) is 5.09. The zero-order chi connectivity index (χ0) is 13.0. The van der Waals surface area contributed by atoms with E-state index in [-0.39, 0.29) is 11.4 Å². The van der Waals surface area contributed by atoms with Crippen LogP contribution < -0.4 is 32.6 Å². The van der Waals surface area contributed by atoms with Gasteiger partial charge in [-0.2, -0.15) is 0 Å². The number of carbonyl (C=O) groups excluding carboxylic acids is 2. The third-order valence-corrected chi connectivity index (χ3v) is 1.69. The minimum Gasteiger partial charge on any atom is -0.410 e. The summed E-state index contributed by atoms with van der Waals surface area (Å²) in [5.41, 5.74) is 6.44. The molecule has 0 aromatic heterocycles. The Morgan fingerprint density at radius 2 is 2.00 bits per heavy atom. The maximum Gasteiger partial charge on any atom is 0.409 e. The fraction of sp³-hybridized carbons (Fsp3) is 0. The Hall–Kier alpha value is -2.39. The first-order valence-electron chi connectivity index (χ1n) is 4.27. The second-order valence-corrected chi connectivity index (χ2v) is 2.89. The van der Waals surface area contributed by atoms with Crippen LogP contribution in [0.15, 0.2) is 18.2 Å². The molecule has 0 heterocycles. The van der Waals surface area contributed by atoms with Crippen molar-refractivity contribution in [3.05, 3.63) is 24.0 Å². The number of nitrogens with zero attached hydrogens (tertiary/aromatic N) is 1. The third kappa shape index (κ3) is 3.29. The molecule has 1 aromatic carbocycles. The van der Waals surface area contributed by atoms with Gasteiger partial charge in [0.15, 0.2) is 0 Å². The topological polar surface area (TPSA) is 137 Å². The lowest BCUT2D eigenvalue weighted by Crippen LogP contribution is -2.47. The summed E-state index contributed by atoms with van der Waals surface area (Å²) in [6.07, 6.45) is -1.12. The van der Waals surface area contributed by atoms with Crippen molar-refractivity contribution in [2.24, 2.45) is 17.4 Å². The Bertz CT molecular complexity index is 453. The van der Waals surface area contributed by atoms with Gasteiger partial charge in [0.2, 0.25) is 0 Å². The molecule has 0 aliphatic carbocycles. The Balaban J connectivity index is 3.04. The van der Waals surface area contributed by atoms with Gasteiger partial charge in [0.1, 0.15) is 11.6 Å². The highest BCUT2D eigenvalue weighted by molar-refractivity contribution is 5.90. The van der Waals surface area contributed by atoms with Gasteiger partial charge < -0.3 is 10.5 Å².